The van der Waals surface area contributed by atoms with E-state index >= 15 is 0 Å². The molecule has 0 radical (unpaired) electrons. The van der Waals surface area contributed by atoms with Crippen molar-refractivity contribution in [2.45, 2.75) is 32.6 Å². The van der Waals surface area contributed by atoms with E-state index in [0.717, 1.165) is 17.9 Å². The molecule has 0 aliphatic heterocycles. The zero-order valence-electron chi connectivity index (χ0n) is 12.7. The lowest BCUT2D eigenvalue weighted by atomic mass is 9.92. The lowest BCUT2D eigenvalue weighted by Crippen LogP contribution is -2.10. The highest BCUT2D eigenvalue weighted by atomic mass is 35.5. The summed E-state index contributed by atoms with van der Waals surface area (Å²) in [4.78, 5) is 0. The maximum atomic E-state index is 6.24. The molecule has 2 aromatic rings. The fourth-order valence-electron chi connectivity index (χ4n) is 2.53. The summed E-state index contributed by atoms with van der Waals surface area (Å²) in [7, 11) is 0. The lowest BCUT2D eigenvalue weighted by molar-refractivity contribution is 0.584. The normalized spacial score (nSPS) is 12.6. The SMILES string of the molecule is CC(C)c1ccc(CC(CCl)Cc2ccccc2Cl)cc1. The van der Waals surface area contributed by atoms with Crippen LogP contribution in [0.3, 0.4) is 0 Å². The monoisotopic (exact) mass is 320 g/mol. The van der Waals surface area contributed by atoms with E-state index in [-0.39, 0.29) is 0 Å². The first-order chi connectivity index (χ1) is 10.1. The Morgan fingerprint density at radius 1 is 0.905 bits per heavy atom. The molecular weight excluding hydrogens is 299 g/mol. The number of rotatable bonds is 6. The first kappa shape index (κ1) is 16.4. The van der Waals surface area contributed by atoms with Crippen LogP contribution in [0.15, 0.2) is 48.5 Å². The summed E-state index contributed by atoms with van der Waals surface area (Å²) >= 11 is 12.4. The molecule has 2 heteroatoms. The second kappa shape index (κ2) is 7.87. The van der Waals surface area contributed by atoms with Gasteiger partial charge in [-0.05, 0) is 47.4 Å². The van der Waals surface area contributed by atoms with Gasteiger partial charge in [0.2, 0.25) is 0 Å². The predicted octanol–water partition coefficient (Wildman–Crippen LogP) is 6.10. The maximum absolute atomic E-state index is 6.24. The van der Waals surface area contributed by atoms with Crippen LogP contribution in [0.4, 0.5) is 0 Å². The van der Waals surface area contributed by atoms with Crippen LogP contribution in [0.25, 0.3) is 0 Å². The van der Waals surface area contributed by atoms with Crippen molar-refractivity contribution in [2.24, 2.45) is 5.92 Å². The molecule has 1 unspecified atom stereocenters. The summed E-state index contributed by atoms with van der Waals surface area (Å²) in [6.45, 7) is 4.43. The van der Waals surface area contributed by atoms with Crippen molar-refractivity contribution >= 4 is 23.2 Å². The number of halogens is 2. The van der Waals surface area contributed by atoms with Crippen molar-refractivity contribution in [3.05, 3.63) is 70.2 Å². The molecule has 0 bridgehead atoms. The van der Waals surface area contributed by atoms with Crippen molar-refractivity contribution in [2.75, 3.05) is 5.88 Å². The quantitative estimate of drug-likeness (QED) is 0.564. The molecule has 112 valence electrons. The summed E-state index contributed by atoms with van der Waals surface area (Å²) < 4.78 is 0. The Bertz CT molecular complexity index is 558. The van der Waals surface area contributed by atoms with Gasteiger partial charge in [0.15, 0.2) is 0 Å². The van der Waals surface area contributed by atoms with E-state index in [4.69, 9.17) is 23.2 Å². The van der Waals surface area contributed by atoms with E-state index < -0.39 is 0 Å². The number of alkyl halides is 1. The van der Waals surface area contributed by atoms with Crippen LogP contribution >= 0.6 is 23.2 Å². The molecule has 0 spiro atoms. The molecule has 0 aliphatic rings. The van der Waals surface area contributed by atoms with Gasteiger partial charge in [0.1, 0.15) is 0 Å². The Hall–Kier alpha value is -0.980. The van der Waals surface area contributed by atoms with Gasteiger partial charge in [-0.3, -0.25) is 0 Å². The standard InChI is InChI=1S/C19H22Cl2/c1-14(2)17-9-7-15(8-10-17)11-16(13-20)12-18-5-3-4-6-19(18)21/h3-10,14,16H,11-13H2,1-2H3. The maximum Gasteiger partial charge on any atom is 0.0438 e. The molecule has 0 saturated heterocycles. The molecule has 0 aliphatic carbocycles. The molecule has 0 N–H and O–H groups in total. The highest BCUT2D eigenvalue weighted by Gasteiger charge is 2.12. The molecule has 0 amide bonds. The van der Waals surface area contributed by atoms with Crippen molar-refractivity contribution in [1.29, 1.82) is 0 Å². The molecule has 0 saturated carbocycles. The third-order valence-corrected chi connectivity index (χ3v) is 4.66. The first-order valence-corrected chi connectivity index (χ1v) is 8.39. The molecular formula is C19H22Cl2. The molecule has 0 aromatic heterocycles. The molecule has 2 rings (SSSR count). The van der Waals surface area contributed by atoms with Gasteiger partial charge in [-0.2, -0.15) is 0 Å². The summed E-state index contributed by atoms with van der Waals surface area (Å²) in [5.74, 6) is 1.64. The minimum Gasteiger partial charge on any atom is -0.126 e. The van der Waals surface area contributed by atoms with E-state index in [9.17, 15) is 0 Å². The van der Waals surface area contributed by atoms with Crippen molar-refractivity contribution in [3.63, 3.8) is 0 Å². The van der Waals surface area contributed by atoms with Crippen LogP contribution in [0.5, 0.6) is 0 Å². The zero-order chi connectivity index (χ0) is 15.2. The van der Waals surface area contributed by atoms with Gasteiger partial charge in [0.05, 0.1) is 0 Å². The predicted molar refractivity (Wildman–Crippen MR) is 93.6 cm³/mol. The highest BCUT2D eigenvalue weighted by molar-refractivity contribution is 6.31. The van der Waals surface area contributed by atoms with Crippen LogP contribution in [-0.2, 0) is 12.8 Å². The number of hydrogen-bond donors (Lipinski definition) is 0. The fourth-order valence-corrected chi connectivity index (χ4v) is 2.96. The number of hydrogen-bond acceptors (Lipinski definition) is 0. The van der Waals surface area contributed by atoms with Crippen molar-refractivity contribution in [3.8, 4) is 0 Å². The Balaban J connectivity index is 2.03. The second-order valence-corrected chi connectivity index (χ2v) is 6.63. The summed E-state index contributed by atoms with van der Waals surface area (Å²) in [5, 5.41) is 0.836. The van der Waals surface area contributed by atoms with Gasteiger partial charge >= 0.3 is 0 Å². The van der Waals surface area contributed by atoms with Crippen molar-refractivity contribution in [1.82, 2.24) is 0 Å². The van der Waals surface area contributed by atoms with E-state index in [1.165, 1.54) is 16.7 Å². The first-order valence-electron chi connectivity index (χ1n) is 7.48. The summed E-state index contributed by atoms with van der Waals surface area (Å²) in [5.41, 5.74) is 3.91. The Morgan fingerprint density at radius 2 is 1.57 bits per heavy atom. The zero-order valence-corrected chi connectivity index (χ0v) is 14.2. The van der Waals surface area contributed by atoms with E-state index in [1.807, 2.05) is 18.2 Å². The van der Waals surface area contributed by atoms with E-state index in [0.29, 0.717) is 17.7 Å². The van der Waals surface area contributed by atoms with Crippen LogP contribution in [0.1, 0.15) is 36.5 Å². The lowest BCUT2D eigenvalue weighted by Gasteiger charge is -2.15. The molecule has 0 nitrogen and oxygen atoms in total. The van der Waals surface area contributed by atoms with Gasteiger partial charge in [-0.25, -0.2) is 0 Å². The largest absolute Gasteiger partial charge is 0.126 e. The van der Waals surface area contributed by atoms with Gasteiger partial charge in [0.25, 0.3) is 0 Å². The Morgan fingerprint density at radius 3 is 2.14 bits per heavy atom. The average molecular weight is 321 g/mol. The van der Waals surface area contributed by atoms with Crippen molar-refractivity contribution < 1.29 is 0 Å². The van der Waals surface area contributed by atoms with Crippen LogP contribution in [0.2, 0.25) is 5.02 Å². The Labute approximate surface area is 138 Å². The molecule has 0 fully saturated rings. The summed E-state index contributed by atoms with van der Waals surface area (Å²) in [6, 6.07) is 16.9. The minimum atomic E-state index is 0.413. The molecule has 1 atom stereocenters. The smallest absolute Gasteiger partial charge is 0.0438 e. The third kappa shape index (κ3) is 4.76. The van der Waals surface area contributed by atoms with Crippen LogP contribution in [0, 0.1) is 5.92 Å². The minimum absolute atomic E-state index is 0.413. The van der Waals surface area contributed by atoms with Gasteiger partial charge in [0, 0.05) is 10.9 Å². The van der Waals surface area contributed by atoms with Crippen LogP contribution < -0.4 is 0 Å². The van der Waals surface area contributed by atoms with Gasteiger partial charge in [-0.1, -0.05) is 67.9 Å². The molecule has 0 heterocycles. The van der Waals surface area contributed by atoms with Gasteiger partial charge < -0.3 is 0 Å². The number of benzene rings is 2. The fraction of sp³-hybridized carbons (Fsp3) is 0.368. The van der Waals surface area contributed by atoms with Gasteiger partial charge in [-0.15, -0.1) is 11.6 Å². The second-order valence-electron chi connectivity index (χ2n) is 5.92. The van der Waals surface area contributed by atoms with Crippen LogP contribution in [-0.4, -0.2) is 5.88 Å². The van der Waals surface area contributed by atoms with E-state index in [1.54, 1.807) is 0 Å². The topological polar surface area (TPSA) is 0 Å². The Kier molecular flexibility index (Phi) is 6.14. The third-order valence-electron chi connectivity index (χ3n) is 3.86. The molecule has 2 aromatic carbocycles. The highest BCUT2D eigenvalue weighted by Crippen LogP contribution is 2.23. The van der Waals surface area contributed by atoms with E-state index in [2.05, 4.69) is 44.2 Å². The summed E-state index contributed by atoms with van der Waals surface area (Å²) in [6.07, 6.45) is 1.92. The average Bonchev–Trinajstić information content (AvgIpc) is 2.49. The molecule has 21 heavy (non-hydrogen) atoms.